The Labute approximate surface area is 413 Å². The third kappa shape index (κ3) is 16.6. The summed E-state index contributed by atoms with van der Waals surface area (Å²) >= 11 is 12.7. The Bertz CT molecular complexity index is 2430. The molecule has 2 saturated heterocycles. The van der Waals surface area contributed by atoms with Gasteiger partial charge in [0.1, 0.15) is 11.9 Å². The molecule has 18 nitrogen and oxygen atoms in total. The van der Waals surface area contributed by atoms with Crippen LogP contribution >= 0.6 is 23.2 Å². The Kier molecular flexibility index (Phi) is 20.5. The monoisotopic (exact) mass is 1050 g/mol. The molecular formula is C45H63Cl2F2N9O9S2. The quantitative estimate of drug-likeness (QED) is 0.0637. The summed E-state index contributed by atoms with van der Waals surface area (Å²) in [6.45, 7) is 6.39. The molecule has 3 aliphatic rings. The van der Waals surface area contributed by atoms with E-state index >= 15 is 4.39 Å². The zero-order valence-corrected chi connectivity index (χ0v) is 41.9. The lowest BCUT2D eigenvalue weighted by molar-refractivity contribution is 0.107. The van der Waals surface area contributed by atoms with Crippen LogP contribution in [-0.2, 0) is 35.9 Å². The van der Waals surface area contributed by atoms with Crippen molar-refractivity contribution in [1.82, 2.24) is 45.4 Å². The molecule has 69 heavy (non-hydrogen) atoms. The lowest BCUT2D eigenvalue weighted by atomic mass is 10.1. The molecule has 24 heteroatoms. The van der Waals surface area contributed by atoms with Gasteiger partial charge in [0.15, 0.2) is 11.6 Å². The lowest BCUT2D eigenvalue weighted by Gasteiger charge is -2.27. The molecule has 0 aromatic heterocycles. The van der Waals surface area contributed by atoms with Crippen LogP contribution in [0.2, 0.25) is 10.0 Å². The summed E-state index contributed by atoms with van der Waals surface area (Å²) in [7, 11) is -4.04. The Morgan fingerprint density at radius 3 is 1.81 bits per heavy atom. The van der Waals surface area contributed by atoms with Gasteiger partial charge in [0, 0.05) is 80.1 Å². The summed E-state index contributed by atoms with van der Waals surface area (Å²) in [5.74, 6) is -1.49. The van der Waals surface area contributed by atoms with Gasteiger partial charge in [0.25, 0.3) is 0 Å². The number of likely N-dealkylation sites (tertiary alicyclic amines) is 2. The molecule has 3 aromatic carbocycles. The summed E-state index contributed by atoms with van der Waals surface area (Å²) in [5, 5.41) is 12.0. The maximum atomic E-state index is 15.4. The highest BCUT2D eigenvalue weighted by molar-refractivity contribution is 7.89. The fourth-order valence-electron chi connectivity index (χ4n) is 8.41. The Morgan fingerprint density at radius 2 is 1.28 bits per heavy atom. The van der Waals surface area contributed by atoms with E-state index in [0.29, 0.717) is 134 Å². The SMILES string of the molecule is CN(C)[C@H]1Cc2c(Cl)cc(Cl)cc2[C@@H]1Oc1ccc(S(=O)(=O)N[C@H]2CCN(CCOCCNC(=O)NCCCCNC(=O)NCCOCCN3CC[C@H](NS(=O)(=O)c4cccc(F)c4)C3)C2)cc1F. The molecule has 0 unspecified atom stereocenters. The number of likely N-dealkylation sites (N-methyl/N-ethyl adjacent to an activating group) is 1. The van der Waals surface area contributed by atoms with Gasteiger partial charge >= 0.3 is 12.1 Å². The van der Waals surface area contributed by atoms with Gasteiger partial charge in [-0.2, -0.15) is 0 Å². The molecule has 382 valence electrons. The van der Waals surface area contributed by atoms with Crippen LogP contribution in [0.3, 0.4) is 0 Å². The van der Waals surface area contributed by atoms with Crippen molar-refractivity contribution in [2.24, 2.45) is 0 Å². The van der Waals surface area contributed by atoms with Crippen LogP contribution in [0, 0.1) is 11.6 Å². The van der Waals surface area contributed by atoms with Gasteiger partial charge in [-0.15, -0.1) is 0 Å². The number of hydrogen-bond acceptors (Lipinski definition) is 12. The molecular weight excluding hydrogens is 984 g/mol. The van der Waals surface area contributed by atoms with E-state index in [2.05, 4.69) is 40.5 Å². The standard InChI is InChI=1S/C45H63Cl2F2N9O9S2/c1-56(2)41-28-37-38(24-31(46)25-39(37)47)43(41)67-42-9-8-36(27-40(42)49)69(63,64)55-34-11-17-58(30-34)19-23-66-21-15-53-45(60)51-13-4-3-12-50-44(59)52-14-20-65-22-18-57-16-10-33(29-57)54-68(61,62)35-7-5-6-32(48)26-35/h5-9,24-27,33-34,41,43,54-55H,3-4,10-23,28-30H2,1-2H3,(H2,50,52,59)(H2,51,53,60)/t33-,34-,41-,43-/m0/s1. The molecule has 0 radical (unpaired) electrons. The number of sulfonamides is 2. The van der Waals surface area contributed by atoms with E-state index in [1.807, 2.05) is 19.0 Å². The number of carbonyl (C=O) groups excluding carboxylic acids is 2. The normalized spacial score (nSPS) is 19.8. The van der Waals surface area contributed by atoms with Gasteiger partial charge < -0.3 is 40.4 Å². The minimum absolute atomic E-state index is 0.0784. The van der Waals surface area contributed by atoms with Crippen molar-refractivity contribution in [3.05, 3.63) is 87.4 Å². The van der Waals surface area contributed by atoms with Crippen LogP contribution in [0.15, 0.2) is 64.4 Å². The minimum Gasteiger partial charge on any atom is -0.481 e. The van der Waals surface area contributed by atoms with Crippen molar-refractivity contribution in [1.29, 1.82) is 0 Å². The number of urea groups is 2. The van der Waals surface area contributed by atoms with Crippen molar-refractivity contribution in [2.75, 3.05) is 106 Å². The van der Waals surface area contributed by atoms with E-state index in [1.54, 1.807) is 12.1 Å². The topological polar surface area (TPSA) is 212 Å². The number of halogens is 4. The van der Waals surface area contributed by atoms with Gasteiger partial charge in [-0.1, -0.05) is 29.3 Å². The highest BCUT2D eigenvalue weighted by Crippen LogP contribution is 2.42. The summed E-state index contributed by atoms with van der Waals surface area (Å²) in [6, 6.07) is 10.5. The lowest BCUT2D eigenvalue weighted by Crippen LogP contribution is -2.39. The van der Waals surface area contributed by atoms with E-state index in [0.717, 1.165) is 23.3 Å². The van der Waals surface area contributed by atoms with E-state index < -0.39 is 37.8 Å². The van der Waals surface area contributed by atoms with Gasteiger partial charge in [0.2, 0.25) is 20.0 Å². The number of ether oxygens (including phenoxy) is 3. The Hall–Kier alpha value is -3.94. The number of fused-ring (bicyclic) bond motifs is 1. The molecule has 6 N–H and O–H groups in total. The molecule has 2 fully saturated rings. The Morgan fingerprint density at radius 1 is 0.725 bits per heavy atom. The number of nitrogens with zero attached hydrogens (tertiary/aromatic N) is 3. The van der Waals surface area contributed by atoms with Crippen molar-refractivity contribution < 1.29 is 49.4 Å². The Balaban J connectivity index is 0.739. The van der Waals surface area contributed by atoms with Crippen LogP contribution in [-0.4, -0.2) is 168 Å². The summed E-state index contributed by atoms with van der Waals surface area (Å²) < 4.78 is 103. The number of amides is 4. The number of unbranched alkanes of at least 4 members (excludes halogenated alkanes) is 1. The highest BCUT2D eigenvalue weighted by Gasteiger charge is 2.38. The van der Waals surface area contributed by atoms with E-state index in [4.69, 9.17) is 37.4 Å². The molecule has 2 aliphatic heterocycles. The van der Waals surface area contributed by atoms with Gasteiger partial charge in [-0.3, -0.25) is 9.80 Å². The molecule has 1 aliphatic carbocycles. The molecule has 3 aromatic rings. The predicted molar refractivity (Wildman–Crippen MR) is 258 cm³/mol. The first-order valence-electron chi connectivity index (χ1n) is 23.0. The predicted octanol–water partition coefficient (Wildman–Crippen LogP) is 3.70. The van der Waals surface area contributed by atoms with Crippen LogP contribution in [0.4, 0.5) is 18.4 Å². The number of carbonyl (C=O) groups is 2. The van der Waals surface area contributed by atoms with Crippen LogP contribution in [0.5, 0.6) is 5.75 Å². The molecule has 2 heterocycles. The molecule has 0 spiro atoms. The number of hydrogen-bond donors (Lipinski definition) is 6. The second kappa shape index (κ2) is 26.0. The number of nitrogens with one attached hydrogen (secondary N) is 6. The maximum absolute atomic E-state index is 15.4. The summed E-state index contributed by atoms with van der Waals surface area (Å²) in [4.78, 5) is 30.1. The maximum Gasteiger partial charge on any atom is 0.314 e. The van der Waals surface area contributed by atoms with Gasteiger partial charge in [0.05, 0.1) is 42.3 Å². The summed E-state index contributed by atoms with van der Waals surface area (Å²) in [6.07, 6.45) is 2.54. The molecule has 0 bridgehead atoms. The number of benzene rings is 3. The third-order valence-corrected chi connectivity index (χ3v) is 15.6. The first-order valence-corrected chi connectivity index (χ1v) is 26.7. The zero-order chi connectivity index (χ0) is 49.6. The van der Waals surface area contributed by atoms with Gasteiger partial charge in [-0.25, -0.2) is 44.6 Å². The molecule has 4 atom stereocenters. The van der Waals surface area contributed by atoms with Crippen LogP contribution in [0.25, 0.3) is 0 Å². The van der Waals surface area contributed by atoms with Crippen LogP contribution < -0.4 is 35.4 Å². The first kappa shape index (κ1) is 54.4. The second-order valence-corrected chi connectivity index (χ2v) is 21.7. The van der Waals surface area contributed by atoms with Gasteiger partial charge in [-0.05, 0) is 113 Å². The fraction of sp³-hybridized carbons (Fsp3) is 0.556. The second-order valence-electron chi connectivity index (χ2n) is 17.4. The smallest absolute Gasteiger partial charge is 0.314 e. The average molecular weight is 1050 g/mol. The zero-order valence-electron chi connectivity index (χ0n) is 38.8. The van der Waals surface area contributed by atoms with E-state index in [1.165, 1.54) is 30.3 Å². The largest absolute Gasteiger partial charge is 0.481 e. The molecule has 0 saturated carbocycles. The van der Waals surface area contributed by atoms with E-state index in [-0.39, 0.29) is 45.7 Å². The van der Waals surface area contributed by atoms with Crippen molar-refractivity contribution in [2.45, 2.75) is 66.1 Å². The highest BCUT2D eigenvalue weighted by atomic mass is 35.5. The van der Waals surface area contributed by atoms with Crippen LogP contribution in [0.1, 0.15) is 42.9 Å². The van der Waals surface area contributed by atoms with Crippen molar-refractivity contribution in [3.63, 3.8) is 0 Å². The average Bonchev–Trinajstić information content (AvgIpc) is 4.03. The summed E-state index contributed by atoms with van der Waals surface area (Å²) in [5.41, 5.74) is 1.65. The van der Waals surface area contributed by atoms with E-state index in [9.17, 15) is 30.8 Å². The molecule has 4 amide bonds. The van der Waals surface area contributed by atoms with Crippen molar-refractivity contribution >= 4 is 55.3 Å². The first-order chi connectivity index (χ1) is 33.0. The van der Waals surface area contributed by atoms with Crippen molar-refractivity contribution in [3.8, 4) is 5.75 Å². The third-order valence-electron chi connectivity index (χ3n) is 12.0. The fourth-order valence-corrected chi connectivity index (χ4v) is 11.6. The number of rotatable bonds is 26. The minimum atomic E-state index is -4.02. The molecule has 6 rings (SSSR count).